The third kappa shape index (κ3) is 3.11. The Morgan fingerprint density at radius 1 is 1.22 bits per heavy atom. The highest BCUT2D eigenvalue weighted by molar-refractivity contribution is 6.07. The van der Waals surface area contributed by atoms with Crippen LogP contribution < -0.4 is 5.32 Å². The third-order valence-corrected chi connectivity index (χ3v) is 3.59. The van der Waals surface area contributed by atoms with Gasteiger partial charge in [0.1, 0.15) is 11.5 Å². The Balaban J connectivity index is 1.69. The summed E-state index contributed by atoms with van der Waals surface area (Å²) in [5.41, 5.74) is 2.30. The number of benzene rings is 2. The number of nitrogens with one attached hydrogen (secondary N) is 1. The van der Waals surface area contributed by atoms with Gasteiger partial charge in [-0.05, 0) is 36.8 Å². The van der Waals surface area contributed by atoms with E-state index in [4.69, 9.17) is 4.84 Å². The van der Waals surface area contributed by atoms with Crippen molar-refractivity contribution in [2.45, 2.75) is 19.4 Å². The van der Waals surface area contributed by atoms with E-state index in [-0.39, 0.29) is 17.9 Å². The third-order valence-electron chi connectivity index (χ3n) is 3.59. The highest BCUT2D eigenvalue weighted by Gasteiger charge is 2.30. The molecule has 6 nitrogen and oxygen atoms in total. The maximum atomic E-state index is 12.3. The summed E-state index contributed by atoms with van der Waals surface area (Å²) in [6.45, 7) is 1.86. The van der Waals surface area contributed by atoms with Crippen molar-refractivity contribution in [3.8, 4) is 11.5 Å². The highest BCUT2D eigenvalue weighted by atomic mass is 16.6. The molecule has 1 amide bonds. The van der Waals surface area contributed by atoms with Crippen molar-refractivity contribution in [2.24, 2.45) is 5.16 Å². The number of hydrogen-bond donors (Lipinski definition) is 3. The van der Waals surface area contributed by atoms with E-state index in [0.29, 0.717) is 17.0 Å². The van der Waals surface area contributed by atoms with E-state index in [0.717, 1.165) is 5.56 Å². The molecule has 0 radical (unpaired) electrons. The number of amides is 1. The van der Waals surface area contributed by atoms with E-state index < -0.39 is 12.0 Å². The Morgan fingerprint density at radius 2 is 2.00 bits per heavy atom. The molecule has 2 aromatic rings. The van der Waals surface area contributed by atoms with E-state index in [9.17, 15) is 15.0 Å². The summed E-state index contributed by atoms with van der Waals surface area (Å²) >= 11 is 0. The van der Waals surface area contributed by atoms with Crippen molar-refractivity contribution >= 4 is 17.3 Å². The number of nitrogens with zero attached hydrogens (tertiary/aromatic N) is 1. The lowest BCUT2D eigenvalue weighted by molar-refractivity contribution is -0.125. The fraction of sp³-hybridized carbons (Fsp3) is 0.176. The van der Waals surface area contributed by atoms with Crippen molar-refractivity contribution < 1.29 is 19.8 Å². The molecule has 0 aliphatic carbocycles. The summed E-state index contributed by atoms with van der Waals surface area (Å²) in [4.78, 5) is 17.4. The van der Waals surface area contributed by atoms with Crippen LogP contribution in [0.4, 0.5) is 5.69 Å². The number of phenolic OH excluding ortho intramolecular Hbond substituents is 2. The van der Waals surface area contributed by atoms with E-state index >= 15 is 0 Å². The molecule has 0 saturated heterocycles. The van der Waals surface area contributed by atoms with Crippen LogP contribution in [0.5, 0.6) is 11.5 Å². The fourth-order valence-electron chi connectivity index (χ4n) is 2.36. The number of rotatable bonds is 3. The van der Waals surface area contributed by atoms with Gasteiger partial charge in [0.25, 0.3) is 5.91 Å². The molecule has 118 valence electrons. The van der Waals surface area contributed by atoms with Gasteiger partial charge in [-0.2, -0.15) is 0 Å². The van der Waals surface area contributed by atoms with E-state index in [1.165, 1.54) is 6.07 Å². The van der Waals surface area contributed by atoms with Crippen LogP contribution in [0.2, 0.25) is 0 Å². The molecule has 3 rings (SSSR count). The van der Waals surface area contributed by atoms with E-state index in [1.807, 2.05) is 6.92 Å². The molecule has 23 heavy (non-hydrogen) atoms. The van der Waals surface area contributed by atoms with Crippen molar-refractivity contribution in [3.05, 3.63) is 53.6 Å². The average molecular weight is 312 g/mol. The number of carbonyl (C=O) groups excluding carboxylic acids is 1. The van der Waals surface area contributed by atoms with Crippen LogP contribution in [-0.4, -0.2) is 27.9 Å². The minimum absolute atomic E-state index is 0.0104. The maximum absolute atomic E-state index is 12.3. The summed E-state index contributed by atoms with van der Waals surface area (Å²) in [5.74, 6) is -0.323. The van der Waals surface area contributed by atoms with Crippen LogP contribution in [0.3, 0.4) is 0 Å². The largest absolute Gasteiger partial charge is 0.507 e. The predicted octanol–water partition coefficient (Wildman–Crippen LogP) is 2.54. The number of phenols is 2. The molecule has 1 atom stereocenters. The Kier molecular flexibility index (Phi) is 3.89. The van der Waals surface area contributed by atoms with Crippen molar-refractivity contribution in [2.75, 3.05) is 5.32 Å². The normalized spacial score (nSPS) is 16.6. The Hall–Kier alpha value is -3.02. The lowest BCUT2D eigenvalue weighted by atomic mass is 10.0. The zero-order valence-corrected chi connectivity index (χ0v) is 12.5. The zero-order chi connectivity index (χ0) is 16.4. The summed E-state index contributed by atoms with van der Waals surface area (Å²) in [6.07, 6.45) is -0.555. The van der Waals surface area contributed by atoms with Crippen LogP contribution in [0.25, 0.3) is 0 Å². The number of anilines is 1. The summed E-state index contributed by atoms with van der Waals surface area (Å²) in [6, 6.07) is 11.7. The van der Waals surface area contributed by atoms with Gasteiger partial charge in [0.2, 0.25) is 6.10 Å². The van der Waals surface area contributed by atoms with Gasteiger partial charge in [0.05, 0.1) is 11.4 Å². The second-order valence-electron chi connectivity index (χ2n) is 5.36. The molecule has 0 aromatic heterocycles. The molecule has 6 heteroatoms. The highest BCUT2D eigenvalue weighted by Crippen LogP contribution is 2.27. The van der Waals surface area contributed by atoms with Gasteiger partial charge in [0.15, 0.2) is 0 Å². The average Bonchev–Trinajstić information content (AvgIpc) is 3.01. The fourth-order valence-corrected chi connectivity index (χ4v) is 2.36. The van der Waals surface area contributed by atoms with Crippen LogP contribution in [0.15, 0.2) is 47.6 Å². The molecular formula is C17H16N2O4. The first-order valence-electron chi connectivity index (χ1n) is 7.16. The predicted molar refractivity (Wildman–Crippen MR) is 85.6 cm³/mol. The number of hydrogen-bond acceptors (Lipinski definition) is 5. The number of oxime groups is 1. The first-order chi connectivity index (χ1) is 11.0. The van der Waals surface area contributed by atoms with Gasteiger partial charge in [-0.3, -0.25) is 4.79 Å². The van der Waals surface area contributed by atoms with Crippen LogP contribution >= 0.6 is 0 Å². The molecule has 1 aliphatic heterocycles. The van der Waals surface area contributed by atoms with Gasteiger partial charge in [-0.1, -0.05) is 23.4 Å². The van der Waals surface area contributed by atoms with Gasteiger partial charge in [-0.15, -0.1) is 0 Å². The number of para-hydroxylation sites is 1. The SMILES string of the molecule is Cc1ccc(O)c(NC(=O)C2CC(c3ccccc3O)=NO2)c1. The lowest BCUT2D eigenvalue weighted by Gasteiger charge is -2.11. The molecule has 1 heterocycles. The number of carbonyl (C=O) groups is 1. The maximum Gasteiger partial charge on any atom is 0.268 e. The van der Waals surface area contributed by atoms with Crippen LogP contribution in [-0.2, 0) is 9.63 Å². The Bertz CT molecular complexity index is 786. The zero-order valence-electron chi connectivity index (χ0n) is 12.5. The quantitative estimate of drug-likeness (QED) is 0.760. The second-order valence-corrected chi connectivity index (χ2v) is 5.36. The van der Waals surface area contributed by atoms with Crippen molar-refractivity contribution in [1.29, 1.82) is 0 Å². The Morgan fingerprint density at radius 3 is 2.78 bits per heavy atom. The minimum Gasteiger partial charge on any atom is -0.507 e. The molecule has 0 spiro atoms. The van der Waals surface area contributed by atoms with Gasteiger partial charge in [-0.25, -0.2) is 0 Å². The summed E-state index contributed by atoms with van der Waals surface area (Å²) in [7, 11) is 0. The topological polar surface area (TPSA) is 91.2 Å². The van der Waals surface area contributed by atoms with Gasteiger partial charge in [0, 0.05) is 12.0 Å². The van der Waals surface area contributed by atoms with Crippen LogP contribution in [0.1, 0.15) is 17.5 Å². The molecule has 1 aliphatic rings. The van der Waals surface area contributed by atoms with Gasteiger partial charge >= 0.3 is 0 Å². The minimum atomic E-state index is -0.801. The number of aromatic hydroxyl groups is 2. The molecule has 0 saturated carbocycles. The first-order valence-corrected chi connectivity index (χ1v) is 7.16. The Labute approximate surface area is 133 Å². The van der Waals surface area contributed by atoms with Crippen LogP contribution in [0, 0.1) is 6.92 Å². The summed E-state index contributed by atoms with van der Waals surface area (Å²) < 4.78 is 0. The molecule has 0 bridgehead atoms. The monoisotopic (exact) mass is 312 g/mol. The lowest BCUT2D eigenvalue weighted by Crippen LogP contribution is -2.28. The standard InChI is InChI=1S/C17H16N2O4/c1-10-6-7-15(21)13(8-10)18-17(22)16-9-12(19-23-16)11-4-2-3-5-14(11)20/h2-8,16,20-21H,9H2,1H3,(H,18,22). The van der Waals surface area contributed by atoms with E-state index in [1.54, 1.807) is 36.4 Å². The van der Waals surface area contributed by atoms with Gasteiger partial charge < -0.3 is 20.4 Å². The van der Waals surface area contributed by atoms with Crippen molar-refractivity contribution in [3.63, 3.8) is 0 Å². The second kappa shape index (κ2) is 6.00. The summed E-state index contributed by atoms with van der Waals surface area (Å²) in [5, 5.41) is 26.1. The molecule has 1 unspecified atom stereocenters. The molecule has 3 N–H and O–H groups in total. The molecular weight excluding hydrogens is 296 g/mol. The van der Waals surface area contributed by atoms with E-state index in [2.05, 4.69) is 10.5 Å². The molecule has 2 aromatic carbocycles. The molecule has 0 fully saturated rings. The van der Waals surface area contributed by atoms with Crippen molar-refractivity contribution in [1.82, 2.24) is 0 Å². The smallest absolute Gasteiger partial charge is 0.268 e. The number of aryl methyl sites for hydroxylation is 1. The first kappa shape index (κ1) is 14.9.